The first-order chi connectivity index (χ1) is 9.71. The van der Waals surface area contributed by atoms with E-state index in [4.69, 9.17) is 10.00 Å². The summed E-state index contributed by atoms with van der Waals surface area (Å²) in [7, 11) is 0. The molecule has 0 aliphatic carbocycles. The fourth-order valence-electron chi connectivity index (χ4n) is 1.67. The average molecular weight is 268 g/mol. The smallest absolute Gasteiger partial charge is 0.228 e. The molecule has 0 aliphatic rings. The van der Waals surface area contributed by atoms with Gasteiger partial charge in [0.15, 0.2) is 0 Å². The number of nitrogens with one attached hydrogen (secondary N) is 1. The van der Waals surface area contributed by atoms with E-state index in [0.717, 1.165) is 23.6 Å². The largest absolute Gasteiger partial charge is 0.494 e. The number of hydrogen-bond acceptors (Lipinski definition) is 5. The highest BCUT2D eigenvalue weighted by atomic mass is 16.5. The normalized spacial score (nSPS) is 9.85. The molecule has 0 bridgehead atoms. The van der Waals surface area contributed by atoms with Gasteiger partial charge in [-0.15, -0.1) is 0 Å². The fourth-order valence-corrected chi connectivity index (χ4v) is 1.67. The van der Waals surface area contributed by atoms with Crippen LogP contribution in [0.2, 0.25) is 0 Å². The van der Waals surface area contributed by atoms with Crippen molar-refractivity contribution in [3.8, 4) is 11.8 Å². The van der Waals surface area contributed by atoms with Gasteiger partial charge in [0.05, 0.1) is 6.61 Å². The molecule has 5 heteroatoms. The van der Waals surface area contributed by atoms with Crippen molar-refractivity contribution in [1.29, 1.82) is 5.26 Å². The molecule has 2 aromatic rings. The summed E-state index contributed by atoms with van der Waals surface area (Å²) in [5.74, 6) is 1.25. The van der Waals surface area contributed by atoms with Crippen LogP contribution < -0.4 is 10.1 Å². The van der Waals surface area contributed by atoms with Crippen LogP contribution in [0.5, 0.6) is 5.75 Å². The van der Waals surface area contributed by atoms with Crippen LogP contribution in [0.25, 0.3) is 0 Å². The first-order valence-corrected chi connectivity index (χ1v) is 6.47. The van der Waals surface area contributed by atoms with E-state index in [9.17, 15) is 0 Å². The third kappa shape index (κ3) is 3.69. The lowest BCUT2D eigenvalue weighted by atomic mass is 10.3. The topological polar surface area (TPSA) is 70.8 Å². The van der Waals surface area contributed by atoms with Crippen molar-refractivity contribution in [3.63, 3.8) is 0 Å². The molecule has 1 N–H and O–H groups in total. The Morgan fingerprint density at radius 2 is 2.00 bits per heavy atom. The van der Waals surface area contributed by atoms with Gasteiger partial charge in [-0.1, -0.05) is 6.92 Å². The molecule has 102 valence electrons. The van der Waals surface area contributed by atoms with E-state index in [0.29, 0.717) is 18.2 Å². The van der Waals surface area contributed by atoms with E-state index < -0.39 is 0 Å². The maximum Gasteiger partial charge on any atom is 0.228 e. The van der Waals surface area contributed by atoms with Crippen LogP contribution in [0, 0.1) is 18.3 Å². The number of ether oxygens (including phenoxy) is 1. The Labute approximate surface area is 118 Å². The Morgan fingerprint density at radius 1 is 1.25 bits per heavy atom. The maximum absolute atomic E-state index is 8.89. The number of nitrogens with zero attached hydrogens (tertiary/aromatic N) is 3. The molecule has 0 spiro atoms. The SMILES string of the molecule is CCCOc1ccc(Nc2nc(C)cc(C#N)n2)cc1. The molecule has 0 radical (unpaired) electrons. The molecule has 0 saturated carbocycles. The highest BCUT2D eigenvalue weighted by Crippen LogP contribution is 2.18. The summed E-state index contributed by atoms with van der Waals surface area (Å²) in [4.78, 5) is 8.35. The molecule has 0 unspecified atom stereocenters. The minimum Gasteiger partial charge on any atom is -0.494 e. The second-order valence-corrected chi connectivity index (χ2v) is 4.33. The standard InChI is InChI=1S/C15H16N4O/c1-3-8-20-14-6-4-12(5-7-14)18-15-17-11(2)9-13(10-16)19-15/h4-7,9H,3,8H2,1-2H3,(H,17,18,19). The molecule has 0 saturated heterocycles. The zero-order valence-corrected chi connectivity index (χ0v) is 11.6. The second kappa shape index (κ2) is 6.53. The van der Waals surface area contributed by atoms with E-state index in [2.05, 4.69) is 22.2 Å². The number of aromatic nitrogens is 2. The van der Waals surface area contributed by atoms with E-state index in [-0.39, 0.29) is 0 Å². The van der Waals surface area contributed by atoms with Crippen molar-refractivity contribution in [2.45, 2.75) is 20.3 Å². The van der Waals surface area contributed by atoms with Gasteiger partial charge in [-0.3, -0.25) is 0 Å². The van der Waals surface area contributed by atoms with Crippen LogP contribution in [0.4, 0.5) is 11.6 Å². The van der Waals surface area contributed by atoms with Gasteiger partial charge in [0, 0.05) is 11.4 Å². The quantitative estimate of drug-likeness (QED) is 0.901. The molecular formula is C15H16N4O. The van der Waals surface area contributed by atoms with Gasteiger partial charge in [-0.05, 0) is 43.7 Å². The minimum atomic E-state index is 0.350. The lowest BCUT2D eigenvalue weighted by Gasteiger charge is -2.08. The number of nitriles is 1. The van der Waals surface area contributed by atoms with Gasteiger partial charge in [0.25, 0.3) is 0 Å². The summed E-state index contributed by atoms with van der Waals surface area (Å²) in [6.07, 6.45) is 0.980. The van der Waals surface area contributed by atoms with E-state index in [1.165, 1.54) is 0 Å². The Kier molecular flexibility index (Phi) is 4.51. The lowest BCUT2D eigenvalue weighted by Crippen LogP contribution is -2.00. The Balaban J connectivity index is 2.10. The van der Waals surface area contributed by atoms with Crippen molar-refractivity contribution in [2.75, 3.05) is 11.9 Å². The monoisotopic (exact) mass is 268 g/mol. The molecule has 20 heavy (non-hydrogen) atoms. The van der Waals surface area contributed by atoms with Gasteiger partial charge in [0.2, 0.25) is 5.95 Å². The van der Waals surface area contributed by atoms with E-state index in [1.54, 1.807) is 6.07 Å². The maximum atomic E-state index is 8.89. The molecule has 0 amide bonds. The average Bonchev–Trinajstić information content (AvgIpc) is 2.46. The van der Waals surface area contributed by atoms with E-state index in [1.807, 2.05) is 37.3 Å². The predicted molar refractivity (Wildman–Crippen MR) is 77.0 cm³/mol. The Bertz CT molecular complexity index is 617. The third-order valence-electron chi connectivity index (χ3n) is 2.55. The minimum absolute atomic E-state index is 0.350. The summed E-state index contributed by atoms with van der Waals surface area (Å²) in [5.41, 5.74) is 1.95. The van der Waals surface area contributed by atoms with Gasteiger partial charge in [-0.2, -0.15) is 5.26 Å². The zero-order valence-electron chi connectivity index (χ0n) is 11.6. The third-order valence-corrected chi connectivity index (χ3v) is 2.55. The molecule has 1 aromatic carbocycles. The van der Waals surface area contributed by atoms with Crippen molar-refractivity contribution < 1.29 is 4.74 Å². The number of hydrogen-bond donors (Lipinski definition) is 1. The molecule has 2 rings (SSSR count). The highest BCUT2D eigenvalue weighted by Gasteiger charge is 2.02. The highest BCUT2D eigenvalue weighted by molar-refractivity contribution is 5.55. The molecule has 0 aliphatic heterocycles. The molecule has 0 atom stereocenters. The summed E-state index contributed by atoms with van der Waals surface area (Å²) in [6.45, 7) is 4.60. The molecule has 1 aromatic heterocycles. The van der Waals surface area contributed by atoms with Crippen molar-refractivity contribution in [2.24, 2.45) is 0 Å². The molecule has 0 fully saturated rings. The van der Waals surface area contributed by atoms with Gasteiger partial charge >= 0.3 is 0 Å². The van der Waals surface area contributed by atoms with Crippen LogP contribution in [-0.4, -0.2) is 16.6 Å². The Morgan fingerprint density at radius 3 is 2.65 bits per heavy atom. The van der Waals surface area contributed by atoms with Crippen LogP contribution in [0.3, 0.4) is 0 Å². The number of benzene rings is 1. The van der Waals surface area contributed by atoms with Crippen LogP contribution in [0.15, 0.2) is 30.3 Å². The van der Waals surface area contributed by atoms with Crippen LogP contribution in [0.1, 0.15) is 24.7 Å². The molecular weight excluding hydrogens is 252 g/mol. The number of anilines is 2. The first kappa shape index (κ1) is 13.8. The predicted octanol–water partition coefficient (Wildman–Crippen LogP) is 3.19. The summed E-state index contributed by atoms with van der Waals surface area (Å²) >= 11 is 0. The van der Waals surface area contributed by atoms with Gasteiger partial charge in [-0.25, -0.2) is 9.97 Å². The van der Waals surface area contributed by atoms with Crippen molar-refractivity contribution in [3.05, 3.63) is 41.7 Å². The zero-order chi connectivity index (χ0) is 14.4. The fraction of sp³-hybridized carbons (Fsp3) is 0.267. The van der Waals surface area contributed by atoms with Gasteiger partial charge < -0.3 is 10.1 Å². The van der Waals surface area contributed by atoms with Crippen molar-refractivity contribution >= 4 is 11.6 Å². The number of aryl methyl sites for hydroxylation is 1. The Hall–Kier alpha value is -2.61. The second-order valence-electron chi connectivity index (χ2n) is 4.33. The van der Waals surface area contributed by atoms with Crippen LogP contribution in [-0.2, 0) is 0 Å². The molecule has 5 nitrogen and oxygen atoms in total. The van der Waals surface area contributed by atoms with Crippen molar-refractivity contribution in [1.82, 2.24) is 9.97 Å². The molecule has 1 heterocycles. The summed E-state index contributed by atoms with van der Waals surface area (Å²) in [5, 5.41) is 12.0. The summed E-state index contributed by atoms with van der Waals surface area (Å²) in [6, 6.07) is 11.2. The van der Waals surface area contributed by atoms with E-state index >= 15 is 0 Å². The van der Waals surface area contributed by atoms with Crippen LogP contribution >= 0.6 is 0 Å². The lowest BCUT2D eigenvalue weighted by molar-refractivity contribution is 0.317. The number of rotatable bonds is 5. The first-order valence-electron chi connectivity index (χ1n) is 6.47. The summed E-state index contributed by atoms with van der Waals surface area (Å²) < 4.78 is 5.51. The van der Waals surface area contributed by atoms with Gasteiger partial charge in [0.1, 0.15) is 17.5 Å².